The molecule has 0 radical (unpaired) electrons. The van der Waals surface area contributed by atoms with E-state index < -0.39 is 0 Å². The molecule has 1 atom stereocenters. The molecule has 2 rings (SSSR count). The monoisotopic (exact) mass is 367 g/mol. The highest BCUT2D eigenvalue weighted by Gasteiger charge is 2.03. The van der Waals surface area contributed by atoms with E-state index in [0.717, 1.165) is 5.75 Å². The minimum Gasteiger partial charge on any atom is -0.489 e. The lowest BCUT2D eigenvalue weighted by Gasteiger charge is -2.12. The van der Waals surface area contributed by atoms with Crippen molar-refractivity contribution in [1.29, 1.82) is 0 Å². The molecule has 0 aliphatic heterocycles. The summed E-state index contributed by atoms with van der Waals surface area (Å²) >= 11 is 2.30. The number of hydrogen-bond donors (Lipinski definition) is 1. The maximum Gasteiger partial charge on any atom is 0.120 e. The highest BCUT2D eigenvalue weighted by molar-refractivity contribution is 14.1. The molecule has 2 aromatic rings. The summed E-state index contributed by atoms with van der Waals surface area (Å²) < 4.78 is 7.08. The van der Waals surface area contributed by atoms with E-state index in [4.69, 9.17) is 4.74 Å². The van der Waals surface area contributed by atoms with Gasteiger partial charge in [-0.2, -0.15) is 0 Å². The summed E-state index contributed by atoms with van der Waals surface area (Å²) in [6, 6.07) is 17.0. The average Bonchev–Trinajstić information content (AvgIpc) is 2.46. The molecule has 2 aromatic carbocycles. The van der Waals surface area contributed by atoms with Gasteiger partial charge in [0.1, 0.15) is 12.4 Å². The van der Waals surface area contributed by atoms with Crippen molar-refractivity contribution in [2.45, 2.75) is 19.6 Å². The number of ether oxygens (including phenoxy) is 1. The van der Waals surface area contributed by atoms with Crippen LogP contribution in [-0.2, 0) is 6.61 Å². The van der Waals surface area contributed by atoms with Gasteiger partial charge in [-0.05, 0) is 72.0 Å². The molecule has 0 saturated heterocycles. The van der Waals surface area contributed by atoms with E-state index >= 15 is 0 Å². The second kappa shape index (κ2) is 6.91. The molecule has 0 aliphatic carbocycles. The first-order chi connectivity index (χ1) is 9.19. The van der Waals surface area contributed by atoms with Gasteiger partial charge in [-0.1, -0.05) is 24.3 Å². The van der Waals surface area contributed by atoms with Crippen LogP contribution in [0.5, 0.6) is 5.75 Å². The summed E-state index contributed by atoms with van der Waals surface area (Å²) in [5, 5.41) is 3.23. The van der Waals surface area contributed by atoms with Crippen LogP contribution in [0, 0.1) is 3.57 Å². The Labute approximate surface area is 128 Å². The van der Waals surface area contributed by atoms with Gasteiger partial charge in [0.05, 0.1) is 0 Å². The van der Waals surface area contributed by atoms with E-state index in [2.05, 4.69) is 71.2 Å². The van der Waals surface area contributed by atoms with E-state index in [1.807, 2.05) is 19.2 Å². The van der Waals surface area contributed by atoms with Crippen LogP contribution in [0.25, 0.3) is 0 Å². The summed E-state index contributed by atoms with van der Waals surface area (Å²) in [5.74, 6) is 0.915. The van der Waals surface area contributed by atoms with Crippen molar-refractivity contribution in [2.24, 2.45) is 0 Å². The molecule has 0 aromatic heterocycles. The molecule has 1 N–H and O–H groups in total. The number of hydrogen-bond acceptors (Lipinski definition) is 2. The zero-order valence-corrected chi connectivity index (χ0v) is 13.3. The number of nitrogens with one attached hydrogen (secondary N) is 1. The lowest BCUT2D eigenvalue weighted by Crippen LogP contribution is -2.12. The van der Waals surface area contributed by atoms with Gasteiger partial charge in [-0.25, -0.2) is 0 Å². The smallest absolute Gasteiger partial charge is 0.120 e. The number of halogens is 1. The standard InChI is InChI=1S/C16H18INO/c1-12(18-2)14-4-3-5-16(10-14)19-11-13-6-8-15(17)9-7-13/h3-10,12,18H,11H2,1-2H3. The van der Waals surface area contributed by atoms with Gasteiger partial charge in [-0.15, -0.1) is 0 Å². The van der Waals surface area contributed by atoms with Crippen LogP contribution in [0.4, 0.5) is 0 Å². The molecule has 0 saturated carbocycles. The third-order valence-corrected chi connectivity index (χ3v) is 3.83. The maximum atomic E-state index is 5.84. The molecule has 1 unspecified atom stereocenters. The summed E-state index contributed by atoms with van der Waals surface area (Å²) in [4.78, 5) is 0. The lowest BCUT2D eigenvalue weighted by molar-refractivity contribution is 0.305. The Morgan fingerprint density at radius 3 is 2.58 bits per heavy atom. The first kappa shape index (κ1) is 14.3. The third-order valence-electron chi connectivity index (χ3n) is 3.11. The Kier molecular flexibility index (Phi) is 5.22. The second-order valence-electron chi connectivity index (χ2n) is 4.50. The van der Waals surface area contributed by atoms with Crippen molar-refractivity contribution < 1.29 is 4.74 Å². The van der Waals surface area contributed by atoms with Crippen LogP contribution in [0.1, 0.15) is 24.1 Å². The average molecular weight is 367 g/mol. The minimum absolute atomic E-state index is 0.335. The van der Waals surface area contributed by atoms with E-state index in [0.29, 0.717) is 12.6 Å². The predicted octanol–water partition coefficient (Wildman–Crippen LogP) is 4.15. The highest BCUT2D eigenvalue weighted by atomic mass is 127. The Morgan fingerprint density at radius 2 is 1.89 bits per heavy atom. The highest BCUT2D eigenvalue weighted by Crippen LogP contribution is 2.20. The molecule has 0 spiro atoms. The number of rotatable bonds is 5. The third kappa shape index (κ3) is 4.21. The molecular weight excluding hydrogens is 349 g/mol. The number of benzene rings is 2. The minimum atomic E-state index is 0.335. The van der Waals surface area contributed by atoms with Crippen molar-refractivity contribution in [2.75, 3.05) is 7.05 Å². The summed E-state index contributed by atoms with van der Waals surface area (Å²) in [6.07, 6.45) is 0. The fourth-order valence-corrected chi connectivity index (χ4v) is 2.15. The topological polar surface area (TPSA) is 21.3 Å². The second-order valence-corrected chi connectivity index (χ2v) is 5.74. The Balaban J connectivity index is 2.01. The van der Waals surface area contributed by atoms with Crippen LogP contribution in [0.15, 0.2) is 48.5 Å². The Morgan fingerprint density at radius 1 is 1.16 bits per heavy atom. The maximum absolute atomic E-state index is 5.84. The van der Waals surface area contributed by atoms with E-state index in [9.17, 15) is 0 Å². The van der Waals surface area contributed by atoms with Gasteiger partial charge < -0.3 is 10.1 Å². The van der Waals surface area contributed by atoms with Gasteiger partial charge in [0, 0.05) is 9.61 Å². The lowest BCUT2D eigenvalue weighted by atomic mass is 10.1. The summed E-state index contributed by atoms with van der Waals surface area (Å²) in [6.45, 7) is 2.74. The van der Waals surface area contributed by atoms with Gasteiger partial charge in [0.15, 0.2) is 0 Å². The zero-order valence-electron chi connectivity index (χ0n) is 11.2. The van der Waals surface area contributed by atoms with Crippen molar-refractivity contribution in [3.8, 4) is 5.75 Å². The van der Waals surface area contributed by atoms with E-state index in [-0.39, 0.29) is 0 Å². The van der Waals surface area contributed by atoms with Gasteiger partial charge >= 0.3 is 0 Å². The van der Waals surface area contributed by atoms with Crippen LogP contribution in [-0.4, -0.2) is 7.05 Å². The molecule has 2 nitrogen and oxygen atoms in total. The normalized spacial score (nSPS) is 12.2. The summed E-state index contributed by atoms with van der Waals surface area (Å²) in [5.41, 5.74) is 2.43. The van der Waals surface area contributed by atoms with Crippen molar-refractivity contribution in [1.82, 2.24) is 5.32 Å². The largest absolute Gasteiger partial charge is 0.489 e. The fraction of sp³-hybridized carbons (Fsp3) is 0.250. The quantitative estimate of drug-likeness (QED) is 0.802. The van der Waals surface area contributed by atoms with E-state index in [1.54, 1.807) is 0 Å². The first-order valence-electron chi connectivity index (χ1n) is 6.33. The fourth-order valence-electron chi connectivity index (χ4n) is 1.79. The van der Waals surface area contributed by atoms with Gasteiger partial charge in [0.2, 0.25) is 0 Å². The molecule has 0 heterocycles. The van der Waals surface area contributed by atoms with E-state index in [1.165, 1.54) is 14.7 Å². The first-order valence-corrected chi connectivity index (χ1v) is 7.41. The van der Waals surface area contributed by atoms with Crippen LogP contribution < -0.4 is 10.1 Å². The molecule has 100 valence electrons. The molecule has 0 bridgehead atoms. The van der Waals surface area contributed by atoms with Crippen molar-refractivity contribution in [3.05, 3.63) is 63.2 Å². The molecule has 19 heavy (non-hydrogen) atoms. The van der Waals surface area contributed by atoms with Gasteiger partial charge in [-0.3, -0.25) is 0 Å². The van der Waals surface area contributed by atoms with Crippen LogP contribution in [0.3, 0.4) is 0 Å². The van der Waals surface area contributed by atoms with Crippen molar-refractivity contribution >= 4 is 22.6 Å². The molecule has 0 aliphatic rings. The Hall–Kier alpha value is -1.07. The van der Waals surface area contributed by atoms with Gasteiger partial charge in [0.25, 0.3) is 0 Å². The van der Waals surface area contributed by atoms with Crippen LogP contribution in [0.2, 0.25) is 0 Å². The summed E-state index contributed by atoms with van der Waals surface area (Å²) in [7, 11) is 1.96. The molecular formula is C16H18INO. The zero-order chi connectivity index (χ0) is 13.7. The molecule has 0 amide bonds. The van der Waals surface area contributed by atoms with Crippen LogP contribution >= 0.6 is 22.6 Å². The SMILES string of the molecule is CNC(C)c1cccc(OCc2ccc(I)cc2)c1. The van der Waals surface area contributed by atoms with Crippen molar-refractivity contribution in [3.63, 3.8) is 0 Å². The molecule has 0 fully saturated rings. The Bertz CT molecular complexity index is 525. The molecule has 3 heteroatoms. The predicted molar refractivity (Wildman–Crippen MR) is 87.4 cm³/mol.